The minimum absolute atomic E-state index is 0.0270. The molecule has 1 aromatic rings. The molecule has 14 heavy (non-hydrogen) atoms. The van der Waals surface area contributed by atoms with Gasteiger partial charge in [0.15, 0.2) is 0 Å². The molecule has 1 saturated carbocycles. The highest BCUT2D eigenvalue weighted by atomic mass is 16.3. The third kappa shape index (κ3) is 1.35. The second-order valence-corrected chi connectivity index (χ2v) is 4.32. The minimum atomic E-state index is -0.0270. The number of hydrogen-bond donors (Lipinski definition) is 2. The monoisotopic (exact) mass is 191 g/mol. The molecular weight excluding hydrogens is 174 g/mol. The Labute approximate surface area is 84.7 Å². The van der Waals surface area contributed by atoms with E-state index in [1.54, 1.807) is 0 Å². The van der Waals surface area contributed by atoms with E-state index in [0.717, 1.165) is 6.42 Å². The Hall–Kier alpha value is -0.860. The van der Waals surface area contributed by atoms with Crippen LogP contribution in [0.2, 0.25) is 0 Å². The number of aliphatic hydroxyl groups excluding tert-OH is 1. The van der Waals surface area contributed by atoms with E-state index in [0.29, 0.717) is 12.5 Å². The van der Waals surface area contributed by atoms with Gasteiger partial charge in [-0.15, -0.1) is 0 Å². The Bertz CT molecular complexity index is 337. The van der Waals surface area contributed by atoms with E-state index >= 15 is 0 Å². The van der Waals surface area contributed by atoms with Crippen LogP contribution in [-0.2, 0) is 5.41 Å². The Morgan fingerprint density at radius 3 is 2.86 bits per heavy atom. The molecule has 0 saturated heterocycles. The molecule has 1 aliphatic carbocycles. The van der Waals surface area contributed by atoms with Crippen molar-refractivity contribution in [3.63, 3.8) is 0 Å². The van der Waals surface area contributed by atoms with Gasteiger partial charge in [0.25, 0.3) is 0 Å². The molecule has 1 fully saturated rings. The van der Waals surface area contributed by atoms with Crippen molar-refractivity contribution in [2.24, 2.45) is 11.7 Å². The van der Waals surface area contributed by atoms with Crippen molar-refractivity contribution in [1.82, 2.24) is 0 Å². The summed E-state index contributed by atoms with van der Waals surface area (Å²) in [5.74, 6) is 0.467. The molecule has 1 aliphatic rings. The maximum atomic E-state index is 9.45. The molecule has 0 spiro atoms. The third-order valence-corrected chi connectivity index (χ3v) is 3.39. The van der Waals surface area contributed by atoms with Gasteiger partial charge in [0.2, 0.25) is 0 Å². The normalized spacial score (nSPS) is 30.4. The molecule has 0 bridgehead atoms. The zero-order chi connectivity index (χ0) is 10.2. The van der Waals surface area contributed by atoms with E-state index in [-0.39, 0.29) is 12.0 Å². The molecule has 76 valence electrons. The quantitative estimate of drug-likeness (QED) is 0.754. The van der Waals surface area contributed by atoms with Crippen LogP contribution in [0.3, 0.4) is 0 Å². The minimum Gasteiger partial charge on any atom is -0.395 e. The summed E-state index contributed by atoms with van der Waals surface area (Å²) in [6, 6.07) is 8.38. The Kier molecular flexibility index (Phi) is 2.33. The zero-order valence-electron chi connectivity index (χ0n) is 8.53. The van der Waals surface area contributed by atoms with E-state index in [1.807, 2.05) is 6.07 Å². The number of nitrogens with two attached hydrogens (primary N) is 1. The number of benzene rings is 1. The lowest BCUT2D eigenvalue weighted by molar-refractivity contribution is 0.245. The second-order valence-electron chi connectivity index (χ2n) is 4.32. The van der Waals surface area contributed by atoms with Gasteiger partial charge in [-0.3, -0.25) is 0 Å². The summed E-state index contributed by atoms with van der Waals surface area (Å²) in [5.41, 5.74) is 8.12. The van der Waals surface area contributed by atoms with E-state index in [1.165, 1.54) is 11.1 Å². The summed E-state index contributed by atoms with van der Waals surface area (Å²) < 4.78 is 0. The predicted molar refractivity (Wildman–Crippen MR) is 57.1 cm³/mol. The van der Waals surface area contributed by atoms with Gasteiger partial charge in [0.05, 0.1) is 6.61 Å². The fourth-order valence-corrected chi connectivity index (χ4v) is 2.28. The molecule has 0 aliphatic heterocycles. The number of aryl methyl sites for hydroxylation is 1. The van der Waals surface area contributed by atoms with E-state index in [4.69, 9.17) is 5.73 Å². The summed E-state index contributed by atoms with van der Waals surface area (Å²) in [7, 11) is 0. The van der Waals surface area contributed by atoms with Crippen molar-refractivity contribution in [2.45, 2.75) is 18.8 Å². The fourth-order valence-electron chi connectivity index (χ4n) is 2.28. The predicted octanol–water partition coefficient (Wildman–Crippen LogP) is 1.20. The first-order valence-electron chi connectivity index (χ1n) is 5.11. The van der Waals surface area contributed by atoms with Crippen LogP contribution in [0.15, 0.2) is 24.3 Å². The van der Waals surface area contributed by atoms with Gasteiger partial charge < -0.3 is 10.8 Å². The van der Waals surface area contributed by atoms with Crippen LogP contribution >= 0.6 is 0 Å². The Morgan fingerprint density at radius 2 is 2.36 bits per heavy atom. The van der Waals surface area contributed by atoms with Gasteiger partial charge in [0, 0.05) is 5.41 Å². The average Bonchev–Trinajstić information content (AvgIpc) is 2.93. The zero-order valence-corrected chi connectivity index (χ0v) is 8.53. The second kappa shape index (κ2) is 3.37. The lowest BCUT2D eigenvalue weighted by Gasteiger charge is -2.14. The van der Waals surface area contributed by atoms with Crippen LogP contribution in [0.25, 0.3) is 0 Å². The highest BCUT2D eigenvalue weighted by molar-refractivity contribution is 5.36. The highest BCUT2D eigenvalue weighted by Gasteiger charge is 2.53. The molecule has 2 heteroatoms. The van der Waals surface area contributed by atoms with Crippen LogP contribution in [0.1, 0.15) is 17.5 Å². The van der Waals surface area contributed by atoms with Crippen LogP contribution in [0, 0.1) is 12.8 Å². The molecule has 2 unspecified atom stereocenters. The smallest absolute Gasteiger partial charge is 0.0531 e. The molecule has 2 rings (SSSR count). The molecule has 3 N–H and O–H groups in total. The van der Waals surface area contributed by atoms with Gasteiger partial charge in [-0.1, -0.05) is 29.8 Å². The summed E-state index contributed by atoms with van der Waals surface area (Å²) in [6.07, 6.45) is 1.03. The van der Waals surface area contributed by atoms with Gasteiger partial charge in [-0.05, 0) is 31.4 Å². The molecule has 1 aromatic carbocycles. The summed E-state index contributed by atoms with van der Waals surface area (Å²) in [6.45, 7) is 2.97. The molecular formula is C12H17NO. The topological polar surface area (TPSA) is 46.2 Å². The number of hydrogen-bond acceptors (Lipinski definition) is 2. The maximum Gasteiger partial charge on any atom is 0.0531 e. The Morgan fingerprint density at radius 1 is 1.57 bits per heavy atom. The SMILES string of the molecule is Cc1cccc(C2(CO)CC2CN)c1. The molecule has 2 nitrogen and oxygen atoms in total. The van der Waals surface area contributed by atoms with E-state index < -0.39 is 0 Å². The van der Waals surface area contributed by atoms with Crippen molar-refractivity contribution in [3.8, 4) is 0 Å². The first-order chi connectivity index (χ1) is 6.73. The van der Waals surface area contributed by atoms with Crippen molar-refractivity contribution < 1.29 is 5.11 Å². The standard InChI is InChI=1S/C12H17NO/c1-9-3-2-4-10(5-9)12(8-14)6-11(12)7-13/h2-5,11,14H,6-8,13H2,1H3. The lowest BCUT2D eigenvalue weighted by atomic mass is 9.93. The third-order valence-electron chi connectivity index (χ3n) is 3.39. The van der Waals surface area contributed by atoms with Gasteiger partial charge >= 0.3 is 0 Å². The highest BCUT2D eigenvalue weighted by Crippen LogP contribution is 2.53. The van der Waals surface area contributed by atoms with Crippen molar-refractivity contribution in [3.05, 3.63) is 35.4 Å². The number of rotatable bonds is 3. The lowest BCUT2D eigenvalue weighted by Crippen LogP contribution is -2.19. The fraction of sp³-hybridized carbons (Fsp3) is 0.500. The van der Waals surface area contributed by atoms with Gasteiger partial charge in [0.1, 0.15) is 0 Å². The van der Waals surface area contributed by atoms with Crippen LogP contribution in [-0.4, -0.2) is 18.3 Å². The first-order valence-corrected chi connectivity index (χ1v) is 5.11. The van der Waals surface area contributed by atoms with Crippen LogP contribution in [0.4, 0.5) is 0 Å². The molecule has 0 heterocycles. The van der Waals surface area contributed by atoms with Crippen molar-refractivity contribution in [2.75, 3.05) is 13.2 Å². The molecule has 2 atom stereocenters. The Balaban J connectivity index is 2.30. The molecule has 0 radical (unpaired) electrons. The maximum absolute atomic E-state index is 9.45. The van der Waals surface area contributed by atoms with Crippen LogP contribution in [0.5, 0.6) is 0 Å². The number of aliphatic hydroxyl groups is 1. The van der Waals surface area contributed by atoms with Gasteiger partial charge in [-0.25, -0.2) is 0 Å². The summed E-state index contributed by atoms with van der Waals surface area (Å²) >= 11 is 0. The summed E-state index contributed by atoms with van der Waals surface area (Å²) in [4.78, 5) is 0. The van der Waals surface area contributed by atoms with Gasteiger partial charge in [-0.2, -0.15) is 0 Å². The van der Waals surface area contributed by atoms with Crippen molar-refractivity contribution in [1.29, 1.82) is 0 Å². The molecule has 0 aromatic heterocycles. The summed E-state index contributed by atoms with van der Waals surface area (Å²) in [5, 5.41) is 9.45. The molecule has 0 amide bonds. The first kappa shape index (κ1) is 9.69. The van der Waals surface area contributed by atoms with Crippen molar-refractivity contribution >= 4 is 0 Å². The largest absolute Gasteiger partial charge is 0.395 e. The average molecular weight is 191 g/mol. The van der Waals surface area contributed by atoms with Crippen LogP contribution < -0.4 is 5.73 Å². The van der Waals surface area contributed by atoms with E-state index in [2.05, 4.69) is 25.1 Å². The van der Waals surface area contributed by atoms with E-state index in [9.17, 15) is 5.11 Å².